The first-order valence-electron chi connectivity index (χ1n) is 15.9. The Hall–Kier alpha value is -4.66. The Morgan fingerprint density at radius 1 is 0.630 bits per heavy atom. The Morgan fingerprint density at radius 2 is 1.04 bits per heavy atom. The molecule has 2 aliphatic heterocycles. The van der Waals surface area contributed by atoms with Crippen LogP contribution in [-0.2, 0) is 9.47 Å². The van der Waals surface area contributed by atoms with Crippen LogP contribution < -0.4 is 20.1 Å². The topological polar surface area (TPSA) is 95.1 Å². The standard InChI is InChI=1S/C38H40N2O6/c1-25-21-29(11-17-35(25)39-37(41)27-7-13-31(14-8-27)45-23-33-5-3-19-43-33)30-12-18-36(26(2)22-30)40-38(42)28-9-15-32(16-10-28)46-24-34-6-4-20-44-34/h7-18,21-22,33-34H,3-6,19-20,23-24H2,1-2H3,(H,39,41)(H,40,42). The van der Waals surface area contributed by atoms with Gasteiger partial charge in [-0.05, 0) is 135 Å². The number of anilines is 2. The van der Waals surface area contributed by atoms with Crippen LogP contribution in [0.4, 0.5) is 11.4 Å². The fraction of sp³-hybridized carbons (Fsp3) is 0.316. The minimum atomic E-state index is -0.182. The largest absolute Gasteiger partial charge is 0.491 e. The molecule has 2 saturated heterocycles. The van der Waals surface area contributed by atoms with Crippen LogP contribution in [0.5, 0.6) is 11.5 Å². The molecular formula is C38H40N2O6. The van der Waals surface area contributed by atoms with Gasteiger partial charge in [0.25, 0.3) is 11.8 Å². The Kier molecular flexibility index (Phi) is 9.96. The van der Waals surface area contributed by atoms with Crippen LogP contribution in [-0.4, -0.2) is 50.4 Å². The van der Waals surface area contributed by atoms with E-state index in [0.717, 1.165) is 84.0 Å². The maximum atomic E-state index is 13.0. The summed E-state index contributed by atoms with van der Waals surface area (Å²) in [5, 5.41) is 6.04. The van der Waals surface area contributed by atoms with E-state index in [-0.39, 0.29) is 24.0 Å². The van der Waals surface area contributed by atoms with Gasteiger partial charge in [0.1, 0.15) is 24.7 Å². The number of aryl methyl sites for hydroxylation is 2. The third-order valence-corrected chi connectivity index (χ3v) is 8.44. The van der Waals surface area contributed by atoms with Crippen LogP contribution >= 0.6 is 0 Å². The first-order valence-corrected chi connectivity index (χ1v) is 15.9. The summed E-state index contributed by atoms with van der Waals surface area (Å²) in [7, 11) is 0. The van der Waals surface area contributed by atoms with E-state index < -0.39 is 0 Å². The molecule has 238 valence electrons. The second-order valence-corrected chi connectivity index (χ2v) is 11.9. The van der Waals surface area contributed by atoms with Gasteiger partial charge in [0.2, 0.25) is 0 Å². The maximum Gasteiger partial charge on any atom is 0.255 e. The average Bonchev–Trinajstić information content (AvgIpc) is 3.80. The van der Waals surface area contributed by atoms with Crippen molar-refractivity contribution in [2.45, 2.75) is 51.7 Å². The highest BCUT2D eigenvalue weighted by Crippen LogP contribution is 2.29. The van der Waals surface area contributed by atoms with Gasteiger partial charge in [-0.25, -0.2) is 0 Å². The molecule has 4 aromatic carbocycles. The zero-order chi connectivity index (χ0) is 31.9. The zero-order valence-corrected chi connectivity index (χ0v) is 26.3. The molecule has 0 aromatic heterocycles. The lowest BCUT2D eigenvalue weighted by Gasteiger charge is -2.14. The molecule has 2 N–H and O–H groups in total. The Labute approximate surface area is 270 Å². The number of carbonyl (C=O) groups is 2. The van der Waals surface area contributed by atoms with Crippen molar-refractivity contribution < 1.29 is 28.5 Å². The normalized spacial score (nSPS) is 17.4. The molecule has 6 rings (SSSR count). The second-order valence-electron chi connectivity index (χ2n) is 11.9. The molecule has 46 heavy (non-hydrogen) atoms. The first-order chi connectivity index (χ1) is 22.4. The van der Waals surface area contributed by atoms with Gasteiger partial charge in [-0.15, -0.1) is 0 Å². The average molecular weight is 621 g/mol. The summed E-state index contributed by atoms with van der Waals surface area (Å²) in [5.41, 5.74) is 6.53. The monoisotopic (exact) mass is 620 g/mol. The van der Waals surface area contributed by atoms with Gasteiger partial charge < -0.3 is 29.6 Å². The van der Waals surface area contributed by atoms with Crippen molar-refractivity contribution in [3.05, 3.63) is 107 Å². The molecule has 0 radical (unpaired) electrons. The molecule has 2 amide bonds. The number of nitrogens with one attached hydrogen (secondary N) is 2. The molecule has 8 nitrogen and oxygen atoms in total. The van der Waals surface area contributed by atoms with E-state index >= 15 is 0 Å². The third kappa shape index (κ3) is 7.94. The Bertz CT molecular complexity index is 1530. The molecule has 0 bridgehead atoms. The molecule has 8 heteroatoms. The molecule has 2 aliphatic rings. The van der Waals surface area contributed by atoms with Crippen LogP contribution in [0.25, 0.3) is 11.1 Å². The highest BCUT2D eigenvalue weighted by molar-refractivity contribution is 6.05. The van der Waals surface area contributed by atoms with Gasteiger partial charge in [0.15, 0.2) is 0 Å². The highest BCUT2D eigenvalue weighted by Gasteiger charge is 2.18. The summed E-state index contributed by atoms with van der Waals surface area (Å²) in [6.07, 6.45) is 4.48. The zero-order valence-electron chi connectivity index (χ0n) is 26.3. The number of hydrogen-bond acceptors (Lipinski definition) is 6. The summed E-state index contributed by atoms with van der Waals surface area (Å²) in [4.78, 5) is 25.9. The van der Waals surface area contributed by atoms with Crippen LogP contribution in [0.1, 0.15) is 57.5 Å². The number of amides is 2. The van der Waals surface area contributed by atoms with E-state index in [1.165, 1.54) is 0 Å². The highest BCUT2D eigenvalue weighted by atomic mass is 16.5. The van der Waals surface area contributed by atoms with Crippen molar-refractivity contribution in [1.82, 2.24) is 0 Å². The van der Waals surface area contributed by atoms with E-state index in [0.29, 0.717) is 24.3 Å². The molecule has 4 aromatic rings. The molecule has 0 aliphatic carbocycles. The molecular weight excluding hydrogens is 580 g/mol. The number of carbonyl (C=O) groups excluding carboxylic acids is 2. The van der Waals surface area contributed by atoms with Gasteiger partial charge in [-0.3, -0.25) is 9.59 Å². The first kappa shape index (κ1) is 31.3. The van der Waals surface area contributed by atoms with Crippen LogP contribution in [0.3, 0.4) is 0 Å². The van der Waals surface area contributed by atoms with Crippen molar-refractivity contribution in [1.29, 1.82) is 0 Å². The minimum Gasteiger partial charge on any atom is -0.491 e. The summed E-state index contributed by atoms with van der Waals surface area (Å²) >= 11 is 0. The van der Waals surface area contributed by atoms with Crippen molar-refractivity contribution >= 4 is 23.2 Å². The number of hydrogen-bond donors (Lipinski definition) is 2. The summed E-state index contributed by atoms with van der Waals surface area (Å²) in [6, 6.07) is 26.2. The van der Waals surface area contributed by atoms with Gasteiger partial charge in [0.05, 0.1) is 12.2 Å². The second kappa shape index (κ2) is 14.6. The van der Waals surface area contributed by atoms with E-state index in [2.05, 4.69) is 10.6 Å². The molecule has 0 saturated carbocycles. The SMILES string of the molecule is Cc1cc(-c2ccc(NC(=O)c3ccc(OCC4CCCO4)cc3)c(C)c2)ccc1NC(=O)c1ccc(OCC2CCCO2)cc1. The van der Waals surface area contributed by atoms with Crippen LogP contribution in [0, 0.1) is 13.8 Å². The van der Waals surface area contributed by atoms with E-state index in [1.807, 2.05) is 74.5 Å². The molecule has 2 heterocycles. The predicted molar refractivity (Wildman–Crippen MR) is 179 cm³/mol. The Balaban J connectivity index is 1.03. The van der Waals surface area contributed by atoms with E-state index in [1.54, 1.807) is 24.3 Å². The van der Waals surface area contributed by atoms with Crippen molar-refractivity contribution in [2.24, 2.45) is 0 Å². The summed E-state index contributed by atoms with van der Waals surface area (Å²) in [5.74, 6) is 1.08. The van der Waals surface area contributed by atoms with E-state index in [4.69, 9.17) is 18.9 Å². The smallest absolute Gasteiger partial charge is 0.255 e. The van der Waals surface area contributed by atoms with Gasteiger partial charge in [0, 0.05) is 35.7 Å². The lowest BCUT2D eigenvalue weighted by atomic mass is 9.99. The molecule has 2 unspecified atom stereocenters. The molecule has 0 spiro atoms. The predicted octanol–water partition coefficient (Wildman–Crippen LogP) is 7.59. The van der Waals surface area contributed by atoms with Gasteiger partial charge in [-0.2, -0.15) is 0 Å². The van der Waals surface area contributed by atoms with Gasteiger partial charge >= 0.3 is 0 Å². The summed E-state index contributed by atoms with van der Waals surface area (Å²) in [6.45, 7) is 6.59. The fourth-order valence-electron chi connectivity index (χ4n) is 5.69. The number of benzene rings is 4. The quantitative estimate of drug-likeness (QED) is 0.179. The van der Waals surface area contributed by atoms with Crippen molar-refractivity contribution in [3.63, 3.8) is 0 Å². The lowest BCUT2D eigenvalue weighted by Crippen LogP contribution is -2.16. The Morgan fingerprint density at radius 3 is 1.39 bits per heavy atom. The maximum absolute atomic E-state index is 13.0. The minimum absolute atomic E-state index is 0.147. The third-order valence-electron chi connectivity index (χ3n) is 8.44. The van der Waals surface area contributed by atoms with Crippen LogP contribution in [0.15, 0.2) is 84.9 Å². The lowest BCUT2D eigenvalue weighted by molar-refractivity contribution is 0.0679. The summed E-state index contributed by atoms with van der Waals surface area (Å²) < 4.78 is 22.8. The molecule has 2 atom stereocenters. The van der Waals surface area contributed by atoms with Gasteiger partial charge in [-0.1, -0.05) is 12.1 Å². The van der Waals surface area contributed by atoms with Crippen LogP contribution in [0.2, 0.25) is 0 Å². The number of rotatable bonds is 11. The fourth-order valence-corrected chi connectivity index (χ4v) is 5.69. The van der Waals surface area contributed by atoms with Crippen molar-refractivity contribution in [2.75, 3.05) is 37.1 Å². The molecule has 2 fully saturated rings. The van der Waals surface area contributed by atoms with E-state index in [9.17, 15) is 9.59 Å². The number of ether oxygens (including phenoxy) is 4. The van der Waals surface area contributed by atoms with Crippen molar-refractivity contribution in [3.8, 4) is 22.6 Å².